The minimum absolute atomic E-state index is 0.0240. The molecule has 22 heavy (non-hydrogen) atoms. The van der Waals surface area contributed by atoms with Gasteiger partial charge in [-0.05, 0) is 57.4 Å². The molecule has 2 unspecified atom stereocenters. The number of aliphatic hydroxyl groups is 1. The van der Waals surface area contributed by atoms with E-state index in [1.165, 1.54) is 0 Å². The molecule has 122 valence electrons. The summed E-state index contributed by atoms with van der Waals surface area (Å²) in [6.07, 6.45) is 2.05. The average Bonchev–Trinajstić information content (AvgIpc) is 2.50. The number of hydrogen-bond donors (Lipinski definition) is 2. The van der Waals surface area contributed by atoms with Crippen molar-refractivity contribution >= 4 is 11.6 Å². The van der Waals surface area contributed by atoms with Gasteiger partial charge in [-0.1, -0.05) is 19.1 Å². The first-order valence-corrected chi connectivity index (χ1v) is 8.08. The average molecular weight is 304 g/mol. The summed E-state index contributed by atoms with van der Waals surface area (Å²) in [4.78, 5) is 14.7. The molecule has 0 spiro atoms. The fraction of sp³-hybridized carbons (Fsp3) is 0.611. The van der Waals surface area contributed by atoms with E-state index >= 15 is 0 Å². The van der Waals surface area contributed by atoms with Crippen molar-refractivity contribution in [3.63, 3.8) is 0 Å². The Morgan fingerprint density at radius 1 is 1.45 bits per heavy atom. The van der Waals surface area contributed by atoms with Crippen molar-refractivity contribution in [2.45, 2.75) is 46.6 Å². The van der Waals surface area contributed by atoms with Crippen LogP contribution in [0.2, 0.25) is 0 Å². The Balaban J connectivity index is 2.04. The summed E-state index contributed by atoms with van der Waals surface area (Å²) in [6.45, 7) is 9.92. The predicted molar refractivity (Wildman–Crippen MR) is 90.0 cm³/mol. The Labute approximate surface area is 133 Å². The number of aliphatic hydroxyl groups excluding tert-OH is 1. The smallest absolute Gasteiger partial charge is 0.241 e. The summed E-state index contributed by atoms with van der Waals surface area (Å²) >= 11 is 0. The zero-order chi connectivity index (χ0) is 16.3. The van der Waals surface area contributed by atoms with E-state index in [4.69, 9.17) is 0 Å². The Morgan fingerprint density at radius 3 is 2.86 bits per heavy atom. The van der Waals surface area contributed by atoms with E-state index in [2.05, 4.69) is 17.1 Å². The van der Waals surface area contributed by atoms with Crippen LogP contribution >= 0.6 is 0 Å². The van der Waals surface area contributed by atoms with Crippen LogP contribution in [0.5, 0.6) is 0 Å². The molecule has 2 N–H and O–H groups in total. The van der Waals surface area contributed by atoms with Gasteiger partial charge < -0.3 is 10.4 Å². The number of anilines is 1. The Hall–Kier alpha value is -1.39. The molecule has 2 atom stereocenters. The highest BCUT2D eigenvalue weighted by Crippen LogP contribution is 2.30. The van der Waals surface area contributed by atoms with Crippen LogP contribution in [-0.2, 0) is 4.79 Å². The van der Waals surface area contributed by atoms with Gasteiger partial charge in [0.15, 0.2) is 0 Å². The van der Waals surface area contributed by atoms with Crippen LogP contribution in [0.3, 0.4) is 0 Å². The first-order valence-electron chi connectivity index (χ1n) is 8.08. The molecule has 1 aliphatic rings. The lowest BCUT2D eigenvalue weighted by molar-refractivity contribution is -0.122. The minimum Gasteiger partial charge on any atom is -0.396 e. The largest absolute Gasteiger partial charge is 0.396 e. The van der Waals surface area contributed by atoms with Gasteiger partial charge in [0.05, 0.1) is 6.04 Å². The SMILES string of the molecule is Cc1ccc(C)c(NC(=O)C(C)N2CCCC(C)(CO)C2)c1. The van der Waals surface area contributed by atoms with Crippen molar-refractivity contribution < 1.29 is 9.90 Å². The predicted octanol–water partition coefficient (Wildman–Crippen LogP) is 2.72. The second kappa shape index (κ2) is 6.80. The summed E-state index contributed by atoms with van der Waals surface area (Å²) in [5.41, 5.74) is 3.01. The third-order valence-corrected chi connectivity index (χ3v) is 4.77. The fourth-order valence-corrected chi connectivity index (χ4v) is 3.09. The zero-order valence-electron chi connectivity index (χ0n) is 14.1. The minimum atomic E-state index is -0.189. The lowest BCUT2D eigenvalue weighted by Gasteiger charge is -2.41. The van der Waals surface area contributed by atoms with E-state index in [1.54, 1.807) is 0 Å². The number of carbonyl (C=O) groups excluding carboxylic acids is 1. The van der Waals surface area contributed by atoms with E-state index in [0.717, 1.165) is 42.7 Å². The van der Waals surface area contributed by atoms with E-state index in [0.29, 0.717) is 0 Å². The lowest BCUT2D eigenvalue weighted by atomic mass is 9.82. The molecule has 1 amide bonds. The zero-order valence-corrected chi connectivity index (χ0v) is 14.1. The number of nitrogens with one attached hydrogen (secondary N) is 1. The van der Waals surface area contributed by atoms with Crippen LogP contribution in [0.25, 0.3) is 0 Å². The molecular formula is C18H28N2O2. The highest BCUT2D eigenvalue weighted by Gasteiger charge is 2.34. The van der Waals surface area contributed by atoms with Gasteiger partial charge in [-0.2, -0.15) is 0 Å². The molecule has 4 heteroatoms. The van der Waals surface area contributed by atoms with Crippen LogP contribution in [0, 0.1) is 19.3 Å². The van der Waals surface area contributed by atoms with Crippen LogP contribution in [0.15, 0.2) is 18.2 Å². The monoisotopic (exact) mass is 304 g/mol. The first-order chi connectivity index (χ1) is 10.3. The Kier molecular flexibility index (Phi) is 5.24. The van der Waals surface area contributed by atoms with Gasteiger partial charge in [-0.15, -0.1) is 0 Å². The van der Waals surface area contributed by atoms with Crippen molar-refractivity contribution in [2.75, 3.05) is 25.0 Å². The molecule has 0 saturated carbocycles. The highest BCUT2D eigenvalue weighted by molar-refractivity contribution is 5.95. The van der Waals surface area contributed by atoms with Crippen LogP contribution in [-0.4, -0.2) is 41.7 Å². The van der Waals surface area contributed by atoms with Gasteiger partial charge in [-0.25, -0.2) is 0 Å². The number of benzene rings is 1. The number of likely N-dealkylation sites (tertiary alicyclic amines) is 1. The van der Waals surface area contributed by atoms with Gasteiger partial charge in [-0.3, -0.25) is 9.69 Å². The summed E-state index contributed by atoms with van der Waals surface area (Å²) in [5.74, 6) is 0.0240. The second-order valence-electron chi connectivity index (χ2n) is 7.03. The molecule has 0 radical (unpaired) electrons. The standard InChI is InChI=1S/C18H28N2O2/c1-13-6-7-14(2)16(10-13)19-17(22)15(3)20-9-5-8-18(4,11-20)12-21/h6-7,10,15,21H,5,8-9,11-12H2,1-4H3,(H,19,22). The third-order valence-electron chi connectivity index (χ3n) is 4.77. The van der Waals surface area contributed by atoms with Gasteiger partial charge in [0.2, 0.25) is 5.91 Å². The maximum absolute atomic E-state index is 12.6. The topological polar surface area (TPSA) is 52.6 Å². The molecule has 0 aromatic heterocycles. The number of carbonyl (C=O) groups is 1. The van der Waals surface area contributed by atoms with Gasteiger partial charge >= 0.3 is 0 Å². The number of rotatable bonds is 4. The molecule has 1 aromatic carbocycles. The molecule has 1 saturated heterocycles. The quantitative estimate of drug-likeness (QED) is 0.899. The number of aryl methyl sites for hydroxylation is 2. The first kappa shape index (κ1) is 17.0. The maximum Gasteiger partial charge on any atom is 0.241 e. The maximum atomic E-state index is 12.6. The van der Waals surface area contributed by atoms with Crippen molar-refractivity contribution in [1.82, 2.24) is 4.90 Å². The molecular weight excluding hydrogens is 276 g/mol. The van der Waals surface area contributed by atoms with Crippen molar-refractivity contribution in [1.29, 1.82) is 0 Å². The van der Waals surface area contributed by atoms with Crippen molar-refractivity contribution in [3.05, 3.63) is 29.3 Å². The summed E-state index contributed by atoms with van der Waals surface area (Å²) in [5, 5.41) is 12.6. The van der Waals surface area contributed by atoms with Crippen molar-refractivity contribution in [2.24, 2.45) is 5.41 Å². The normalized spacial score (nSPS) is 24.0. The summed E-state index contributed by atoms with van der Waals surface area (Å²) < 4.78 is 0. The molecule has 1 aromatic rings. The molecule has 2 rings (SSSR count). The van der Waals surface area contributed by atoms with Crippen LogP contribution in [0.4, 0.5) is 5.69 Å². The van der Waals surface area contributed by atoms with E-state index in [-0.39, 0.29) is 24.0 Å². The van der Waals surface area contributed by atoms with E-state index in [1.807, 2.05) is 39.0 Å². The number of hydrogen-bond acceptors (Lipinski definition) is 3. The van der Waals surface area contributed by atoms with Gasteiger partial charge in [0.1, 0.15) is 0 Å². The molecule has 0 aliphatic carbocycles. The van der Waals surface area contributed by atoms with Gasteiger partial charge in [0.25, 0.3) is 0 Å². The van der Waals surface area contributed by atoms with Crippen molar-refractivity contribution in [3.8, 4) is 0 Å². The van der Waals surface area contributed by atoms with E-state index in [9.17, 15) is 9.90 Å². The Bertz CT molecular complexity index is 544. The van der Waals surface area contributed by atoms with Crippen LogP contribution in [0.1, 0.15) is 37.8 Å². The van der Waals surface area contributed by atoms with Crippen LogP contribution < -0.4 is 5.32 Å². The Morgan fingerprint density at radius 2 is 2.18 bits per heavy atom. The lowest BCUT2D eigenvalue weighted by Crippen LogP contribution is -2.51. The number of piperidine rings is 1. The number of nitrogens with zero attached hydrogens (tertiary/aromatic N) is 1. The third kappa shape index (κ3) is 3.87. The molecule has 1 aliphatic heterocycles. The molecule has 0 bridgehead atoms. The number of amides is 1. The van der Waals surface area contributed by atoms with E-state index < -0.39 is 0 Å². The molecule has 4 nitrogen and oxygen atoms in total. The summed E-state index contributed by atoms with van der Waals surface area (Å²) in [7, 11) is 0. The van der Waals surface area contributed by atoms with Gasteiger partial charge in [0, 0.05) is 24.3 Å². The summed E-state index contributed by atoms with van der Waals surface area (Å²) in [6, 6.07) is 5.89. The highest BCUT2D eigenvalue weighted by atomic mass is 16.3. The molecule has 1 fully saturated rings. The molecule has 1 heterocycles. The fourth-order valence-electron chi connectivity index (χ4n) is 3.09. The second-order valence-corrected chi connectivity index (χ2v) is 7.03.